The summed E-state index contributed by atoms with van der Waals surface area (Å²) in [5.74, 6) is 1.70. The Morgan fingerprint density at radius 3 is 2.33 bits per heavy atom. The van der Waals surface area contributed by atoms with Gasteiger partial charge in [0, 0.05) is 5.92 Å². The molecular formula is C14H23N3O. The van der Waals surface area contributed by atoms with Crippen LogP contribution in [-0.4, -0.2) is 9.97 Å². The lowest BCUT2D eigenvalue weighted by molar-refractivity contribution is 0.557. The molecule has 1 saturated carbocycles. The summed E-state index contributed by atoms with van der Waals surface area (Å²) in [5, 5.41) is 0. The number of rotatable bonds is 2. The first-order chi connectivity index (χ1) is 8.59. The summed E-state index contributed by atoms with van der Waals surface area (Å²) < 4.78 is 0. The van der Waals surface area contributed by atoms with Gasteiger partial charge in [-0.15, -0.1) is 0 Å². The maximum Gasteiger partial charge on any atom is 0.256 e. The molecule has 1 aromatic heterocycles. The summed E-state index contributed by atoms with van der Waals surface area (Å²) in [6.45, 7) is 3.93. The Labute approximate surface area is 108 Å². The van der Waals surface area contributed by atoms with Gasteiger partial charge in [-0.1, -0.05) is 39.5 Å². The molecule has 1 aliphatic carbocycles. The fourth-order valence-electron chi connectivity index (χ4n) is 2.82. The second-order valence-corrected chi connectivity index (χ2v) is 5.59. The summed E-state index contributed by atoms with van der Waals surface area (Å²) >= 11 is 0. The highest BCUT2D eigenvalue weighted by Crippen LogP contribution is 2.30. The smallest absolute Gasteiger partial charge is 0.256 e. The van der Waals surface area contributed by atoms with Gasteiger partial charge < -0.3 is 10.7 Å². The Morgan fingerprint density at radius 2 is 1.83 bits per heavy atom. The number of H-pyrrole nitrogens is 1. The summed E-state index contributed by atoms with van der Waals surface area (Å²) in [5.41, 5.74) is 6.50. The van der Waals surface area contributed by atoms with Gasteiger partial charge in [0.05, 0.1) is 5.56 Å². The minimum Gasteiger partial charge on any atom is -0.383 e. The fourth-order valence-corrected chi connectivity index (χ4v) is 2.82. The van der Waals surface area contributed by atoms with Crippen molar-refractivity contribution in [2.45, 2.75) is 64.2 Å². The first-order valence-corrected chi connectivity index (χ1v) is 6.99. The molecule has 1 aliphatic rings. The third-order valence-electron chi connectivity index (χ3n) is 3.82. The number of nitrogens with two attached hydrogens (primary N) is 1. The second kappa shape index (κ2) is 5.55. The van der Waals surface area contributed by atoms with Crippen molar-refractivity contribution in [3.05, 3.63) is 21.7 Å². The van der Waals surface area contributed by atoms with Gasteiger partial charge in [0.15, 0.2) is 0 Å². The van der Waals surface area contributed by atoms with Crippen LogP contribution < -0.4 is 11.3 Å². The number of hydrogen-bond acceptors (Lipinski definition) is 3. The molecule has 0 atom stereocenters. The van der Waals surface area contributed by atoms with Crippen LogP contribution in [0.5, 0.6) is 0 Å². The van der Waals surface area contributed by atoms with Crippen LogP contribution in [0.2, 0.25) is 0 Å². The van der Waals surface area contributed by atoms with Gasteiger partial charge in [-0.25, -0.2) is 4.98 Å². The van der Waals surface area contributed by atoms with Crippen LogP contribution >= 0.6 is 0 Å². The van der Waals surface area contributed by atoms with E-state index in [1.54, 1.807) is 0 Å². The molecule has 0 unspecified atom stereocenters. The Kier molecular flexibility index (Phi) is 4.04. The van der Waals surface area contributed by atoms with Crippen LogP contribution in [0.3, 0.4) is 0 Å². The van der Waals surface area contributed by atoms with E-state index in [-0.39, 0.29) is 11.5 Å². The number of aromatic nitrogens is 2. The molecule has 1 fully saturated rings. The lowest BCUT2D eigenvalue weighted by Gasteiger charge is -2.15. The molecule has 100 valence electrons. The molecule has 0 saturated heterocycles. The summed E-state index contributed by atoms with van der Waals surface area (Å²) in [6.07, 6.45) is 7.26. The molecule has 18 heavy (non-hydrogen) atoms. The predicted octanol–water partition coefficient (Wildman–Crippen LogP) is 2.91. The molecule has 1 aromatic rings. The maximum absolute atomic E-state index is 12.1. The molecule has 0 aromatic carbocycles. The molecular weight excluding hydrogens is 226 g/mol. The van der Waals surface area contributed by atoms with Crippen molar-refractivity contribution in [3.8, 4) is 0 Å². The number of anilines is 1. The van der Waals surface area contributed by atoms with Gasteiger partial charge in [0.2, 0.25) is 0 Å². The molecule has 0 amide bonds. The van der Waals surface area contributed by atoms with Crippen LogP contribution in [0.25, 0.3) is 0 Å². The highest BCUT2D eigenvalue weighted by molar-refractivity contribution is 5.40. The maximum atomic E-state index is 12.1. The number of nitrogen functional groups attached to an aromatic ring is 1. The third-order valence-corrected chi connectivity index (χ3v) is 3.82. The molecule has 4 heteroatoms. The van der Waals surface area contributed by atoms with Crippen molar-refractivity contribution >= 4 is 5.82 Å². The largest absolute Gasteiger partial charge is 0.383 e. The van der Waals surface area contributed by atoms with Crippen molar-refractivity contribution in [2.75, 3.05) is 5.73 Å². The van der Waals surface area contributed by atoms with Crippen molar-refractivity contribution in [2.24, 2.45) is 0 Å². The molecule has 3 N–H and O–H groups in total. The second-order valence-electron chi connectivity index (χ2n) is 5.59. The molecule has 1 heterocycles. The van der Waals surface area contributed by atoms with E-state index in [1.807, 2.05) is 13.8 Å². The van der Waals surface area contributed by atoms with E-state index < -0.39 is 0 Å². The number of hydrogen-bond donors (Lipinski definition) is 2. The van der Waals surface area contributed by atoms with E-state index in [0.29, 0.717) is 17.3 Å². The SMILES string of the molecule is CC(C)c1c(N)nc(C2CCCCCC2)[nH]c1=O. The Morgan fingerprint density at radius 1 is 1.22 bits per heavy atom. The van der Waals surface area contributed by atoms with Gasteiger partial charge in [-0.3, -0.25) is 4.79 Å². The summed E-state index contributed by atoms with van der Waals surface area (Å²) in [6, 6.07) is 0. The van der Waals surface area contributed by atoms with Crippen LogP contribution in [0.15, 0.2) is 4.79 Å². The number of nitrogens with zero attached hydrogens (tertiary/aromatic N) is 1. The zero-order valence-electron chi connectivity index (χ0n) is 11.3. The predicted molar refractivity (Wildman–Crippen MR) is 73.8 cm³/mol. The topological polar surface area (TPSA) is 71.8 Å². The van der Waals surface area contributed by atoms with Gasteiger partial charge >= 0.3 is 0 Å². The monoisotopic (exact) mass is 249 g/mol. The van der Waals surface area contributed by atoms with Crippen molar-refractivity contribution in [1.29, 1.82) is 0 Å². The standard InChI is InChI=1S/C14H23N3O/c1-9(2)11-12(15)16-13(17-14(11)18)10-7-5-3-4-6-8-10/h9-10H,3-8H2,1-2H3,(H3,15,16,17,18). The first kappa shape index (κ1) is 13.1. The van der Waals surface area contributed by atoms with E-state index in [0.717, 1.165) is 18.7 Å². The fraction of sp³-hybridized carbons (Fsp3) is 0.714. The summed E-state index contributed by atoms with van der Waals surface area (Å²) in [4.78, 5) is 19.4. The lowest BCUT2D eigenvalue weighted by atomic mass is 9.98. The number of nitrogens with one attached hydrogen (secondary N) is 1. The van der Waals surface area contributed by atoms with E-state index in [4.69, 9.17) is 5.73 Å². The molecule has 0 bridgehead atoms. The van der Waals surface area contributed by atoms with Gasteiger partial charge in [-0.05, 0) is 18.8 Å². The highest BCUT2D eigenvalue weighted by atomic mass is 16.1. The van der Waals surface area contributed by atoms with Gasteiger partial charge in [0.1, 0.15) is 11.6 Å². The number of aromatic amines is 1. The molecule has 0 radical (unpaired) electrons. The molecule has 0 spiro atoms. The lowest BCUT2D eigenvalue weighted by Crippen LogP contribution is -2.22. The van der Waals surface area contributed by atoms with Crippen LogP contribution in [0, 0.1) is 0 Å². The van der Waals surface area contributed by atoms with E-state index in [9.17, 15) is 4.79 Å². The molecule has 0 aliphatic heterocycles. The normalized spacial score (nSPS) is 17.9. The van der Waals surface area contributed by atoms with E-state index in [2.05, 4.69) is 9.97 Å². The molecule has 2 rings (SSSR count). The zero-order valence-corrected chi connectivity index (χ0v) is 11.3. The van der Waals surface area contributed by atoms with Crippen molar-refractivity contribution < 1.29 is 0 Å². The minimum absolute atomic E-state index is 0.0586. The zero-order chi connectivity index (χ0) is 13.1. The quantitative estimate of drug-likeness (QED) is 0.792. The first-order valence-electron chi connectivity index (χ1n) is 6.99. The van der Waals surface area contributed by atoms with Crippen LogP contribution in [0.1, 0.15) is 75.6 Å². The van der Waals surface area contributed by atoms with Crippen LogP contribution in [0.4, 0.5) is 5.82 Å². The van der Waals surface area contributed by atoms with Crippen LogP contribution in [-0.2, 0) is 0 Å². The van der Waals surface area contributed by atoms with Gasteiger partial charge in [-0.2, -0.15) is 0 Å². The van der Waals surface area contributed by atoms with E-state index >= 15 is 0 Å². The average Bonchev–Trinajstić information content (AvgIpc) is 2.55. The Balaban J connectivity index is 2.32. The average molecular weight is 249 g/mol. The summed E-state index contributed by atoms with van der Waals surface area (Å²) in [7, 11) is 0. The van der Waals surface area contributed by atoms with Crippen molar-refractivity contribution in [1.82, 2.24) is 9.97 Å². The third kappa shape index (κ3) is 2.74. The van der Waals surface area contributed by atoms with E-state index in [1.165, 1.54) is 25.7 Å². The van der Waals surface area contributed by atoms with Crippen molar-refractivity contribution in [3.63, 3.8) is 0 Å². The Bertz CT molecular complexity index is 457. The molecule has 4 nitrogen and oxygen atoms in total. The minimum atomic E-state index is -0.0586. The van der Waals surface area contributed by atoms with Gasteiger partial charge in [0.25, 0.3) is 5.56 Å². The Hall–Kier alpha value is -1.32. The highest BCUT2D eigenvalue weighted by Gasteiger charge is 2.19.